The van der Waals surface area contributed by atoms with Crippen molar-refractivity contribution in [1.82, 2.24) is 0 Å². The SMILES string of the molecule is C[PH+](C)CC[PH+](C)C.C[PH+](C)CC[PH+](C)C.[CH3-].[Ru+]. The Labute approximate surface area is 136 Å². The molecule has 0 aliphatic carbocycles. The molecule has 0 bridgehead atoms. The van der Waals surface area contributed by atoms with Crippen LogP contribution >= 0.6 is 31.7 Å². The van der Waals surface area contributed by atoms with Crippen LogP contribution < -0.4 is 0 Å². The molecule has 5 heteroatoms. The Morgan fingerprint density at radius 1 is 0.444 bits per heavy atom. The summed E-state index contributed by atoms with van der Waals surface area (Å²) >= 11 is 0. The first-order valence-corrected chi connectivity index (χ1v) is 17.2. The monoisotopic (exact) mass is 421 g/mol. The Morgan fingerprint density at radius 3 is 0.611 bits per heavy atom. The maximum absolute atomic E-state index is 2.40. The number of hydrogen-bond acceptors (Lipinski definition) is 0. The summed E-state index contributed by atoms with van der Waals surface area (Å²) in [7, 11) is 0.383. The van der Waals surface area contributed by atoms with E-state index in [-0.39, 0.29) is 58.6 Å². The van der Waals surface area contributed by atoms with Crippen LogP contribution in [0.1, 0.15) is 0 Å². The van der Waals surface area contributed by atoms with Gasteiger partial charge in [0.05, 0.1) is 24.6 Å². The number of rotatable bonds is 6. The van der Waals surface area contributed by atoms with Gasteiger partial charge in [0.15, 0.2) is 0 Å². The van der Waals surface area contributed by atoms with Crippen LogP contribution in [0, 0.1) is 7.43 Å². The third-order valence-corrected chi connectivity index (χ3v) is 8.25. The van der Waals surface area contributed by atoms with Crippen LogP contribution in [0.5, 0.6) is 0 Å². The van der Waals surface area contributed by atoms with E-state index in [1.165, 1.54) is 24.6 Å². The van der Waals surface area contributed by atoms with E-state index >= 15 is 0 Å². The van der Waals surface area contributed by atoms with E-state index in [2.05, 4.69) is 53.3 Å². The molecule has 0 aromatic heterocycles. The van der Waals surface area contributed by atoms with Crippen LogP contribution in [0.3, 0.4) is 0 Å². The normalized spacial score (nSPS) is 10.0. The van der Waals surface area contributed by atoms with Crippen LogP contribution in [0.25, 0.3) is 0 Å². The van der Waals surface area contributed by atoms with E-state index in [0.29, 0.717) is 0 Å². The average Bonchev–Trinajstić information content (AvgIpc) is 2.12. The van der Waals surface area contributed by atoms with Crippen molar-refractivity contribution >= 4 is 31.7 Å². The van der Waals surface area contributed by atoms with E-state index in [0.717, 1.165) is 0 Å². The molecule has 0 aromatic carbocycles. The Bertz CT molecular complexity index is 107. The molecule has 0 aliphatic rings. The molecule has 0 unspecified atom stereocenters. The van der Waals surface area contributed by atoms with E-state index in [1.807, 2.05) is 0 Å². The second kappa shape index (κ2) is 19.3. The van der Waals surface area contributed by atoms with E-state index in [1.54, 1.807) is 0 Å². The summed E-state index contributed by atoms with van der Waals surface area (Å²) in [4.78, 5) is 0. The largest absolute Gasteiger partial charge is 1.00 e. The summed E-state index contributed by atoms with van der Waals surface area (Å²) in [6.45, 7) is 19.2. The zero-order valence-corrected chi connectivity index (χ0v) is 19.9. The molecule has 0 fully saturated rings. The predicted octanol–water partition coefficient (Wildman–Crippen LogP) is 4.32. The van der Waals surface area contributed by atoms with Gasteiger partial charge in [-0.05, 0) is 31.7 Å². The molecular weight excluding hydrogens is 381 g/mol. The van der Waals surface area contributed by atoms with Gasteiger partial charge in [-0.25, -0.2) is 0 Å². The zero-order valence-electron chi connectivity index (χ0n) is 14.2. The van der Waals surface area contributed by atoms with Crippen LogP contribution in [0.2, 0.25) is 0 Å². The molecule has 0 saturated carbocycles. The fourth-order valence-electron chi connectivity index (χ4n) is 1.000. The van der Waals surface area contributed by atoms with Crippen LogP contribution in [0.15, 0.2) is 0 Å². The minimum atomic E-state index is 0. The first-order chi connectivity index (χ1) is 7.25. The summed E-state index contributed by atoms with van der Waals surface area (Å²) in [6, 6.07) is 0. The van der Waals surface area contributed by atoms with Gasteiger partial charge in [-0.15, -0.1) is 0 Å². The maximum atomic E-state index is 2.40. The molecule has 0 aromatic rings. The van der Waals surface area contributed by atoms with Gasteiger partial charge in [-0.2, -0.15) is 0 Å². The summed E-state index contributed by atoms with van der Waals surface area (Å²) in [5, 5.41) is 0. The van der Waals surface area contributed by atoms with Crippen molar-refractivity contribution in [2.75, 3.05) is 78.0 Å². The van der Waals surface area contributed by atoms with Crippen LogP contribution in [0.4, 0.5) is 0 Å². The molecule has 0 rings (SSSR count). The van der Waals surface area contributed by atoms with Crippen molar-refractivity contribution in [1.29, 1.82) is 0 Å². The van der Waals surface area contributed by atoms with Gasteiger partial charge >= 0.3 is 19.5 Å². The number of hydrogen-bond donors (Lipinski definition) is 0. The third kappa shape index (κ3) is 36.2. The standard InChI is InChI=1S/2C6H16P2.CH3.Ru/c2*1-7(2)5-6-8(3)4;;/h2*5-6H2,1-4H3;1H3;/q;;-1;+1/p+4. The smallest absolute Gasteiger partial charge is 0.358 e. The van der Waals surface area contributed by atoms with Crippen LogP contribution in [-0.2, 0) is 19.5 Å². The van der Waals surface area contributed by atoms with E-state index in [4.69, 9.17) is 0 Å². The fourth-order valence-corrected chi connectivity index (χ4v) is 9.00. The van der Waals surface area contributed by atoms with E-state index < -0.39 is 0 Å². The van der Waals surface area contributed by atoms with Crippen molar-refractivity contribution < 1.29 is 19.5 Å². The summed E-state index contributed by atoms with van der Waals surface area (Å²) in [5.41, 5.74) is 0. The topological polar surface area (TPSA) is 0 Å². The summed E-state index contributed by atoms with van der Waals surface area (Å²) in [5.74, 6) is 0. The molecule has 0 nitrogen and oxygen atoms in total. The Kier molecular flexibility index (Phi) is 30.6. The molecule has 0 spiro atoms. The van der Waals surface area contributed by atoms with Crippen molar-refractivity contribution in [2.24, 2.45) is 0 Å². The molecule has 1 radical (unpaired) electrons. The van der Waals surface area contributed by atoms with Gasteiger partial charge in [0.25, 0.3) is 0 Å². The minimum absolute atomic E-state index is 0. The quantitative estimate of drug-likeness (QED) is 0.341. The van der Waals surface area contributed by atoms with Crippen LogP contribution in [-0.4, -0.2) is 78.0 Å². The predicted molar refractivity (Wildman–Crippen MR) is 107 cm³/mol. The van der Waals surface area contributed by atoms with Gasteiger partial charge in [-0.3, -0.25) is 0 Å². The molecule has 0 heterocycles. The van der Waals surface area contributed by atoms with Crippen molar-refractivity contribution in [2.45, 2.75) is 0 Å². The van der Waals surface area contributed by atoms with Gasteiger partial charge < -0.3 is 7.43 Å². The second-order valence-electron chi connectivity index (χ2n) is 5.83. The van der Waals surface area contributed by atoms with Crippen molar-refractivity contribution in [3.8, 4) is 0 Å². The summed E-state index contributed by atoms with van der Waals surface area (Å²) in [6.07, 6.45) is 6.13. The van der Waals surface area contributed by atoms with Gasteiger partial charge in [0.1, 0.15) is 0 Å². The molecule has 0 N–H and O–H groups in total. The van der Waals surface area contributed by atoms with Gasteiger partial charge in [-0.1, -0.05) is 0 Å². The molecule has 18 heavy (non-hydrogen) atoms. The second-order valence-corrected chi connectivity index (χ2v) is 17.5. The third-order valence-electron chi connectivity index (χ3n) is 2.25. The molecular formula is C13H39P4Ru+4. The average molecular weight is 420 g/mol. The maximum Gasteiger partial charge on any atom is 1.00 e. The van der Waals surface area contributed by atoms with Crippen molar-refractivity contribution in [3.05, 3.63) is 7.43 Å². The molecule has 0 saturated heterocycles. The molecule has 0 amide bonds. The Balaban J connectivity index is -0.0000000980. The first kappa shape index (κ1) is 28.5. The van der Waals surface area contributed by atoms with E-state index in [9.17, 15) is 0 Å². The molecule has 0 aliphatic heterocycles. The first-order valence-electron chi connectivity index (χ1n) is 6.41. The fraction of sp³-hybridized carbons (Fsp3) is 0.923. The summed E-state index contributed by atoms with van der Waals surface area (Å²) < 4.78 is 0. The Hall–Kier alpha value is 2.34. The minimum Gasteiger partial charge on any atom is -0.358 e. The zero-order chi connectivity index (χ0) is 13.1. The van der Waals surface area contributed by atoms with Gasteiger partial charge in [0, 0.05) is 53.3 Å². The molecule has 115 valence electrons. The van der Waals surface area contributed by atoms with Gasteiger partial charge in [0.2, 0.25) is 0 Å². The van der Waals surface area contributed by atoms with Crippen molar-refractivity contribution in [3.63, 3.8) is 0 Å². The molecule has 0 atom stereocenters. The Morgan fingerprint density at radius 2 is 0.556 bits per heavy atom.